The van der Waals surface area contributed by atoms with Gasteiger partial charge in [-0.15, -0.1) is 6.58 Å². The topological polar surface area (TPSA) is 63.6 Å². The van der Waals surface area contributed by atoms with Gasteiger partial charge in [0.1, 0.15) is 6.42 Å². The predicted molar refractivity (Wildman–Crippen MR) is 38.0 cm³/mol. The van der Waals surface area contributed by atoms with Crippen LogP contribution in [0.5, 0.6) is 0 Å². The number of hydrogen-bond acceptors (Lipinski definition) is 3. The van der Waals surface area contributed by atoms with Gasteiger partial charge < -0.3 is 9.84 Å². The van der Waals surface area contributed by atoms with E-state index in [0.717, 1.165) is 0 Å². The first-order valence-corrected chi connectivity index (χ1v) is 3.15. The second-order valence-corrected chi connectivity index (χ2v) is 1.87. The summed E-state index contributed by atoms with van der Waals surface area (Å²) in [5, 5.41) is 8.12. The molecular formula is C7H10O4. The molecule has 0 atom stereocenters. The van der Waals surface area contributed by atoms with Crippen LogP contribution in [0, 0.1) is 0 Å². The Bertz CT molecular complexity index is 162. The first-order chi connectivity index (χ1) is 5.16. The van der Waals surface area contributed by atoms with Crippen LogP contribution in [0.15, 0.2) is 12.7 Å². The fourth-order valence-electron chi connectivity index (χ4n) is 0.431. The predicted octanol–water partition coefficient (Wildman–Crippen LogP) is 0.580. The summed E-state index contributed by atoms with van der Waals surface area (Å²) in [6.45, 7) is 3.61. The molecule has 0 saturated heterocycles. The van der Waals surface area contributed by atoms with Crippen molar-refractivity contribution in [1.29, 1.82) is 0 Å². The molecule has 1 N–H and O–H groups in total. The second-order valence-electron chi connectivity index (χ2n) is 1.87. The fourth-order valence-corrected chi connectivity index (χ4v) is 0.431. The van der Waals surface area contributed by atoms with Crippen LogP contribution in [0.4, 0.5) is 0 Å². The smallest absolute Gasteiger partial charge is 0.317 e. The van der Waals surface area contributed by atoms with Crippen LogP contribution in [0.25, 0.3) is 0 Å². The summed E-state index contributed by atoms with van der Waals surface area (Å²) >= 11 is 0. The lowest BCUT2D eigenvalue weighted by Gasteiger charge is -1.98. The van der Waals surface area contributed by atoms with Crippen molar-refractivity contribution in [3.63, 3.8) is 0 Å². The third-order valence-corrected chi connectivity index (χ3v) is 0.881. The lowest BCUT2D eigenvalue weighted by atomic mass is 10.4. The molecule has 0 aliphatic rings. The number of hydrogen-bond donors (Lipinski definition) is 1. The van der Waals surface area contributed by atoms with Crippen molar-refractivity contribution in [2.24, 2.45) is 0 Å². The number of carbonyl (C=O) groups is 2. The van der Waals surface area contributed by atoms with E-state index in [1.807, 2.05) is 0 Å². The van der Waals surface area contributed by atoms with E-state index < -0.39 is 18.4 Å². The molecule has 0 saturated carbocycles. The number of rotatable bonds is 5. The molecular weight excluding hydrogens is 148 g/mol. The summed E-state index contributed by atoms with van der Waals surface area (Å²) in [7, 11) is 0. The maximum atomic E-state index is 10.5. The van der Waals surface area contributed by atoms with E-state index in [2.05, 4.69) is 11.3 Å². The third-order valence-electron chi connectivity index (χ3n) is 0.881. The molecule has 62 valence electrons. The first-order valence-electron chi connectivity index (χ1n) is 3.15. The summed E-state index contributed by atoms with van der Waals surface area (Å²) in [5.74, 6) is -1.88. The van der Waals surface area contributed by atoms with E-state index >= 15 is 0 Å². The Labute approximate surface area is 64.5 Å². The number of ether oxygens (including phenoxy) is 1. The first kappa shape index (κ1) is 9.68. The lowest BCUT2D eigenvalue weighted by molar-refractivity contribution is -0.151. The minimum absolute atomic E-state index is 0.204. The van der Waals surface area contributed by atoms with Gasteiger partial charge in [0.05, 0.1) is 6.61 Å². The molecule has 0 amide bonds. The highest BCUT2D eigenvalue weighted by Gasteiger charge is 2.07. The molecule has 4 heteroatoms. The van der Waals surface area contributed by atoms with Gasteiger partial charge in [0.15, 0.2) is 0 Å². The molecule has 0 bridgehead atoms. The summed E-state index contributed by atoms with van der Waals surface area (Å²) < 4.78 is 4.50. The molecule has 0 spiro atoms. The van der Waals surface area contributed by atoms with Gasteiger partial charge in [-0.25, -0.2) is 0 Å². The molecule has 0 aromatic rings. The molecule has 0 aliphatic heterocycles. The minimum atomic E-state index is -1.17. The Kier molecular flexibility index (Phi) is 4.81. The molecule has 0 heterocycles. The van der Waals surface area contributed by atoms with Crippen LogP contribution in [-0.2, 0) is 14.3 Å². The van der Waals surface area contributed by atoms with Crippen LogP contribution >= 0.6 is 0 Å². The van der Waals surface area contributed by atoms with Crippen molar-refractivity contribution in [3.8, 4) is 0 Å². The van der Waals surface area contributed by atoms with Gasteiger partial charge >= 0.3 is 11.9 Å². The van der Waals surface area contributed by atoms with Gasteiger partial charge in [0, 0.05) is 0 Å². The largest absolute Gasteiger partial charge is 0.481 e. The van der Waals surface area contributed by atoms with Crippen molar-refractivity contribution in [1.82, 2.24) is 0 Å². The van der Waals surface area contributed by atoms with E-state index in [9.17, 15) is 9.59 Å². The van der Waals surface area contributed by atoms with Gasteiger partial charge in [-0.2, -0.15) is 0 Å². The van der Waals surface area contributed by atoms with E-state index in [0.29, 0.717) is 6.42 Å². The maximum absolute atomic E-state index is 10.5. The number of esters is 1. The maximum Gasteiger partial charge on any atom is 0.317 e. The minimum Gasteiger partial charge on any atom is -0.481 e. The zero-order chi connectivity index (χ0) is 8.69. The Morgan fingerprint density at radius 1 is 1.55 bits per heavy atom. The van der Waals surface area contributed by atoms with Crippen LogP contribution in [0.2, 0.25) is 0 Å². The highest BCUT2D eigenvalue weighted by Crippen LogP contribution is 1.88. The van der Waals surface area contributed by atoms with E-state index in [4.69, 9.17) is 5.11 Å². The van der Waals surface area contributed by atoms with Crippen molar-refractivity contribution in [3.05, 3.63) is 12.7 Å². The van der Waals surface area contributed by atoms with Crippen molar-refractivity contribution in [2.75, 3.05) is 6.61 Å². The van der Waals surface area contributed by atoms with Gasteiger partial charge in [-0.3, -0.25) is 9.59 Å². The standard InChI is InChI=1S/C7H10O4/c1-2-3-4-11-7(10)5-6(8)9/h2H,1,3-5H2,(H,8,9). The van der Waals surface area contributed by atoms with Crippen molar-refractivity contribution in [2.45, 2.75) is 12.8 Å². The number of aliphatic carboxylic acids is 1. The van der Waals surface area contributed by atoms with E-state index in [1.165, 1.54) is 0 Å². The van der Waals surface area contributed by atoms with E-state index in [1.54, 1.807) is 6.08 Å². The van der Waals surface area contributed by atoms with Crippen LogP contribution in [0.3, 0.4) is 0 Å². The zero-order valence-corrected chi connectivity index (χ0v) is 6.08. The average Bonchev–Trinajstić information content (AvgIpc) is 1.86. The molecule has 11 heavy (non-hydrogen) atoms. The molecule has 0 aliphatic carbocycles. The normalized spacial score (nSPS) is 8.73. The molecule has 0 radical (unpaired) electrons. The molecule has 4 nitrogen and oxygen atoms in total. The molecule has 0 fully saturated rings. The zero-order valence-electron chi connectivity index (χ0n) is 6.08. The quantitative estimate of drug-likeness (QED) is 0.275. The van der Waals surface area contributed by atoms with Crippen LogP contribution < -0.4 is 0 Å². The monoisotopic (exact) mass is 158 g/mol. The molecule has 0 aromatic heterocycles. The van der Waals surface area contributed by atoms with Gasteiger partial charge in [0.2, 0.25) is 0 Å². The number of carbonyl (C=O) groups excluding carboxylic acids is 1. The fraction of sp³-hybridized carbons (Fsp3) is 0.429. The van der Waals surface area contributed by atoms with Gasteiger partial charge in [0.25, 0.3) is 0 Å². The average molecular weight is 158 g/mol. The summed E-state index contributed by atoms with van der Waals surface area (Å²) in [6.07, 6.45) is 1.57. The number of carboxylic acids is 1. The number of carboxylic acid groups (broad SMARTS) is 1. The Morgan fingerprint density at radius 3 is 2.64 bits per heavy atom. The Morgan fingerprint density at radius 2 is 2.18 bits per heavy atom. The Balaban J connectivity index is 3.37. The van der Waals surface area contributed by atoms with Crippen molar-refractivity contribution >= 4 is 11.9 Å². The lowest BCUT2D eigenvalue weighted by Crippen LogP contribution is -2.10. The van der Waals surface area contributed by atoms with Gasteiger partial charge in [-0.1, -0.05) is 6.08 Å². The summed E-state index contributed by atoms with van der Waals surface area (Å²) in [5.41, 5.74) is 0. The molecule has 0 rings (SSSR count). The van der Waals surface area contributed by atoms with Gasteiger partial charge in [-0.05, 0) is 6.42 Å². The van der Waals surface area contributed by atoms with E-state index in [-0.39, 0.29) is 6.61 Å². The third kappa shape index (κ3) is 6.57. The summed E-state index contributed by atoms with van der Waals surface area (Å²) in [4.78, 5) is 20.4. The van der Waals surface area contributed by atoms with Crippen molar-refractivity contribution < 1.29 is 19.4 Å². The second kappa shape index (κ2) is 5.46. The van der Waals surface area contributed by atoms with Crippen LogP contribution in [-0.4, -0.2) is 23.7 Å². The highest BCUT2D eigenvalue weighted by molar-refractivity contribution is 5.90. The Hall–Kier alpha value is -1.32. The highest BCUT2D eigenvalue weighted by atomic mass is 16.5. The molecule has 0 unspecified atom stereocenters. The van der Waals surface area contributed by atoms with Crippen LogP contribution in [0.1, 0.15) is 12.8 Å². The SMILES string of the molecule is C=CCCOC(=O)CC(=O)O. The summed E-state index contributed by atoms with van der Waals surface area (Å²) in [6, 6.07) is 0. The molecule has 0 aromatic carbocycles.